The van der Waals surface area contributed by atoms with E-state index in [1.54, 1.807) is 14.2 Å². The molecule has 1 aliphatic rings. The highest BCUT2D eigenvalue weighted by Crippen LogP contribution is 2.50. The molecular formula is C13H18ClNO2. The monoisotopic (exact) mass is 255 g/mol. The molecule has 1 fully saturated rings. The third-order valence-corrected chi connectivity index (χ3v) is 4.04. The van der Waals surface area contributed by atoms with E-state index in [2.05, 4.69) is 0 Å². The molecule has 0 atom stereocenters. The summed E-state index contributed by atoms with van der Waals surface area (Å²) >= 11 is 6.10. The smallest absolute Gasteiger partial charge is 0.179 e. The van der Waals surface area contributed by atoms with Crippen molar-refractivity contribution < 1.29 is 9.47 Å². The largest absolute Gasteiger partial charge is 0.492 e. The van der Waals surface area contributed by atoms with Crippen LogP contribution >= 0.6 is 11.6 Å². The molecule has 0 bridgehead atoms. The average molecular weight is 256 g/mol. The number of nitrogens with two attached hydrogens (primary N) is 1. The number of benzene rings is 1. The molecule has 2 N–H and O–H groups in total. The Kier molecular flexibility index (Phi) is 3.50. The van der Waals surface area contributed by atoms with E-state index in [-0.39, 0.29) is 5.41 Å². The first-order valence-electron chi connectivity index (χ1n) is 5.79. The topological polar surface area (TPSA) is 44.5 Å². The summed E-state index contributed by atoms with van der Waals surface area (Å²) in [4.78, 5) is 0. The van der Waals surface area contributed by atoms with Crippen LogP contribution in [0.2, 0.25) is 5.02 Å². The van der Waals surface area contributed by atoms with Gasteiger partial charge in [0.05, 0.1) is 19.2 Å². The van der Waals surface area contributed by atoms with E-state index >= 15 is 0 Å². The number of hydrogen-bond acceptors (Lipinski definition) is 3. The van der Waals surface area contributed by atoms with Gasteiger partial charge in [0, 0.05) is 17.5 Å². The Balaban J connectivity index is 2.54. The van der Waals surface area contributed by atoms with Crippen molar-refractivity contribution >= 4 is 11.6 Å². The van der Waals surface area contributed by atoms with Crippen molar-refractivity contribution in [3.63, 3.8) is 0 Å². The van der Waals surface area contributed by atoms with Crippen molar-refractivity contribution in [2.24, 2.45) is 5.73 Å². The highest BCUT2D eigenvalue weighted by atomic mass is 35.5. The fourth-order valence-electron chi connectivity index (χ4n) is 2.54. The maximum atomic E-state index is 6.10. The minimum Gasteiger partial charge on any atom is -0.492 e. The lowest BCUT2D eigenvalue weighted by Gasteiger charge is -2.42. The Labute approximate surface area is 107 Å². The summed E-state index contributed by atoms with van der Waals surface area (Å²) < 4.78 is 10.8. The van der Waals surface area contributed by atoms with Gasteiger partial charge in [-0.3, -0.25) is 0 Å². The summed E-state index contributed by atoms with van der Waals surface area (Å²) in [5.41, 5.74) is 7.09. The van der Waals surface area contributed by atoms with Crippen LogP contribution in [-0.4, -0.2) is 20.8 Å². The Hall–Kier alpha value is -0.930. The predicted octanol–water partition coefficient (Wildman–Crippen LogP) is 2.74. The molecule has 0 spiro atoms. The van der Waals surface area contributed by atoms with Crippen molar-refractivity contribution in [2.75, 3.05) is 20.8 Å². The lowest BCUT2D eigenvalue weighted by molar-refractivity contribution is 0.240. The van der Waals surface area contributed by atoms with Gasteiger partial charge in [0.2, 0.25) is 0 Å². The predicted molar refractivity (Wildman–Crippen MR) is 69.1 cm³/mol. The van der Waals surface area contributed by atoms with Crippen LogP contribution in [0, 0.1) is 0 Å². The normalized spacial score (nSPS) is 17.4. The van der Waals surface area contributed by atoms with E-state index in [0.717, 1.165) is 24.2 Å². The zero-order valence-corrected chi connectivity index (χ0v) is 11.0. The molecule has 1 saturated carbocycles. The summed E-state index contributed by atoms with van der Waals surface area (Å²) in [6.45, 7) is 0.633. The number of rotatable bonds is 4. The SMILES string of the molecule is COc1c(Cl)ccc(C2(CN)CCC2)c1OC. The molecule has 4 heteroatoms. The summed E-state index contributed by atoms with van der Waals surface area (Å²) in [6.07, 6.45) is 3.42. The van der Waals surface area contributed by atoms with Gasteiger partial charge < -0.3 is 15.2 Å². The van der Waals surface area contributed by atoms with Gasteiger partial charge in [-0.05, 0) is 18.9 Å². The molecule has 0 amide bonds. The summed E-state index contributed by atoms with van der Waals surface area (Å²) in [7, 11) is 3.24. The maximum Gasteiger partial charge on any atom is 0.179 e. The summed E-state index contributed by atoms with van der Waals surface area (Å²) in [5, 5.41) is 0.569. The van der Waals surface area contributed by atoms with E-state index < -0.39 is 0 Å². The molecule has 3 nitrogen and oxygen atoms in total. The van der Waals surface area contributed by atoms with Crippen LogP contribution in [0.4, 0.5) is 0 Å². The van der Waals surface area contributed by atoms with Crippen LogP contribution in [0.5, 0.6) is 11.5 Å². The molecular weight excluding hydrogens is 238 g/mol. The fraction of sp³-hybridized carbons (Fsp3) is 0.538. The van der Waals surface area contributed by atoms with E-state index in [1.807, 2.05) is 12.1 Å². The van der Waals surface area contributed by atoms with Crippen molar-refractivity contribution in [1.82, 2.24) is 0 Å². The molecule has 0 aromatic heterocycles. The Morgan fingerprint density at radius 3 is 2.29 bits per heavy atom. The van der Waals surface area contributed by atoms with Crippen molar-refractivity contribution in [3.8, 4) is 11.5 Å². The van der Waals surface area contributed by atoms with Crippen LogP contribution in [0.15, 0.2) is 12.1 Å². The van der Waals surface area contributed by atoms with Crippen LogP contribution in [0.1, 0.15) is 24.8 Å². The van der Waals surface area contributed by atoms with E-state index in [0.29, 0.717) is 17.3 Å². The average Bonchev–Trinajstić information content (AvgIpc) is 2.29. The van der Waals surface area contributed by atoms with Gasteiger partial charge in [-0.1, -0.05) is 24.1 Å². The van der Waals surface area contributed by atoms with Crippen LogP contribution in [0.3, 0.4) is 0 Å². The lowest BCUT2D eigenvalue weighted by atomic mass is 9.64. The van der Waals surface area contributed by atoms with Crippen LogP contribution in [-0.2, 0) is 5.41 Å². The minimum absolute atomic E-state index is 0.0449. The second-order valence-electron chi connectivity index (χ2n) is 4.50. The fourth-order valence-corrected chi connectivity index (χ4v) is 2.76. The number of halogens is 1. The Morgan fingerprint density at radius 1 is 1.24 bits per heavy atom. The van der Waals surface area contributed by atoms with Crippen LogP contribution in [0.25, 0.3) is 0 Å². The summed E-state index contributed by atoms with van der Waals surface area (Å²) in [5.74, 6) is 1.33. The molecule has 1 aromatic carbocycles. The van der Waals surface area contributed by atoms with Crippen molar-refractivity contribution in [1.29, 1.82) is 0 Å². The molecule has 1 aliphatic carbocycles. The second kappa shape index (κ2) is 4.75. The third-order valence-electron chi connectivity index (χ3n) is 3.75. The van der Waals surface area contributed by atoms with E-state index in [9.17, 15) is 0 Å². The molecule has 0 heterocycles. The van der Waals surface area contributed by atoms with Crippen LogP contribution < -0.4 is 15.2 Å². The number of ether oxygens (including phenoxy) is 2. The Bertz CT molecular complexity index is 411. The van der Waals surface area contributed by atoms with E-state index in [1.165, 1.54) is 6.42 Å². The van der Waals surface area contributed by atoms with Gasteiger partial charge in [0.25, 0.3) is 0 Å². The standard InChI is InChI=1S/C13H18ClNO2/c1-16-11-9(13(8-15)6-3-7-13)4-5-10(14)12(11)17-2/h4-5H,3,6-8,15H2,1-2H3. The number of methoxy groups -OCH3 is 2. The van der Waals surface area contributed by atoms with Crippen molar-refractivity contribution in [2.45, 2.75) is 24.7 Å². The first kappa shape index (κ1) is 12.5. The molecule has 0 radical (unpaired) electrons. The summed E-state index contributed by atoms with van der Waals surface area (Å²) in [6, 6.07) is 3.86. The first-order valence-corrected chi connectivity index (χ1v) is 6.17. The molecule has 2 rings (SSSR count). The zero-order chi connectivity index (χ0) is 12.5. The second-order valence-corrected chi connectivity index (χ2v) is 4.91. The van der Waals surface area contributed by atoms with Gasteiger partial charge in [-0.25, -0.2) is 0 Å². The van der Waals surface area contributed by atoms with Gasteiger partial charge in [0.1, 0.15) is 0 Å². The lowest BCUT2D eigenvalue weighted by Crippen LogP contribution is -2.41. The van der Waals surface area contributed by atoms with E-state index in [4.69, 9.17) is 26.8 Å². The molecule has 0 saturated heterocycles. The number of hydrogen-bond donors (Lipinski definition) is 1. The third kappa shape index (κ3) is 1.87. The Morgan fingerprint density at radius 2 is 1.88 bits per heavy atom. The van der Waals surface area contributed by atoms with Gasteiger partial charge >= 0.3 is 0 Å². The van der Waals surface area contributed by atoms with Crippen molar-refractivity contribution in [3.05, 3.63) is 22.7 Å². The molecule has 94 valence electrons. The highest BCUT2D eigenvalue weighted by Gasteiger charge is 2.40. The quantitative estimate of drug-likeness (QED) is 0.900. The zero-order valence-electron chi connectivity index (χ0n) is 10.3. The highest BCUT2D eigenvalue weighted by molar-refractivity contribution is 6.32. The van der Waals surface area contributed by atoms with Gasteiger partial charge in [-0.2, -0.15) is 0 Å². The molecule has 0 unspecified atom stereocenters. The molecule has 0 aliphatic heterocycles. The molecule has 1 aromatic rings. The minimum atomic E-state index is 0.0449. The van der Waals surface area contributed by atoms with Gasteiger partial charge in [0.15, 0.2) is 11.5 Å². The maximum absolute atomic E-state index is 6.10. The molecule has 17 heavy (non-hydrogen) atoms. The van der Waals surface area contributed by atoms with Gasteiger partial charge in [-0.15, -0.1) is 0 Å². The first-order chi connectivity index (χ1) is 8.18.